The molecule has 0 aromatic rings. The first-order valence-electron chi connectivity index (χ1n) is 4.76. The van der Waals surface area contributed by atoms with Crippen molar-refractivity contribution in [1.82, 2.24) is 0 Å². The number of aliphatic imine (C=N–C) groups is 1. The van der Waals surface area contributed by atoms with Crippen molar-refractivity contribution in [3.8, 4) is 0 Å². The molecule has 0 aliphatic rings. The molecule has 0 aliphatic heterocycles. The van der Waals surface area contributed by atoms with E-state index < -0.39 is 10.0 Å². The van der Waals surface area contributed by atoms with E-state index in [0.29, 0.717) is 11.1 Å². The number of nitrogens with two attached hydrogens (primary N) is 1. The van der Waals surface area contributed by atoms with E-state index in [1.165, 1.54) is 13.1 Å². The quantitative estimate of drug-likeness (QED) is 0.605. The van der Waals surface area contributed by atoms with Crippen molar-refractivity contribution < 1.29 is 8.42 Å². The molecule has 0 fully saturated rings. The zero-order valence-corrected chi connectivity index (χ0v) is 10.9. The topological polar surface area (TPSA) is 72.5 Å². The molecule has 0 aromatic carbocycles. The Morgan fingerprint density at radius 2 is 1.81 bits per heavy atom. The van der Waals surface area contributed by atoms with E-state index in [1.54, 1.807) is 6.92 Å². The van der Waals surface area contributed by atoms with Crippen LogP contribution in [0, 0.1) is 0 Å². The molecule has 4 nitrogen and oxygen atoms in total. The van der Waals surface area contributed by atoms with E-state index in [-0.39, 0.29) is 4.91 Å². The minimum absolute atomic E-state index is 0.113. The van der Waals surface area contributed by atoms with E-state index in [0.717, 1.165) is 5.70 Å². The molecule has 0 aromatic heterocycles. The Morgan fingerprint density at radius 1 is 1.31 bits per heavy atom. The number of nitrogens with zero attached hydrogens (tertiary/aromatic N) is 1. The average Bonchev–Trinajstić information content (AvgIpc) is 2.21. The van der Waals surface area contributed by atoms with Gasteiger partial charge in [0, 0.05) is 11.9 Å². The summed E-state index contributed by atoms with van der Waals surface area (Å²) in [7, 11) is -3.65. The SMILES string of the molecule is C=C(/C=N\C(C)=C/C)/C(C)=C(\C)S(N)(=O)=O. The standard InChI is InChI=1S/C11H18N2O2S/c1-6-9(3)13-7-8(2)10(4)11(5)16(12,14)15/h6-7H,2H2,1,3-5H3,(H2,12,14,15)/b9-6-,11-10+,13-7-. The largest absolute Gasteiger partial charge is 0.261 e. The van der Waals surface area contributed by atoms with Crippen LogP contribution in [0.3, 0.4) is 0 Å². The minimum Gasteiger partial charge on any atom is -0.261 e. The average molecular weight is 242 g/mol. The summed E-state index contributed by atoms with van der Waals surface area (Å²) in [5, 5.41) is 5.02. The number of allylic oxidation sites excluding steroid dienone is 5. The highest BCUT2D eigenvalue weighted by Gasteiger charge is 2.10. The summed E-state index contributed by atoms with van der Waals surface area (Å²) in [5.41, 5.74) is 1.89. The summed E-state index contributed by atoms with van der Waals surface area (Å²) in [6, 6.07) is 0. The molecular weight excluding hydrogens is 224 g/mol. The second kappa shape index (κ2) is 5.77. The monoisotopic (exact) mass is 242 g/mol. The van der Waals surface area contributed by atoms with Gasteiger partial charge in [-0.25, -0.2) is 13.6 Å². The summed E-state index contributed by atoms with van der Waals surface area (Å²) in [6.07, 6.45) is 3.37. The van der Waals surface area contributed by atoms with Gasteiger partial charge in [-0.2, -0.15) is 0 Å². The molecule has 0 atom stereocenters. The predicted octanol–water partition coefficient (Wildman–Crippen LogP) is 2.12. The van der Waals surface area contributed by atoms with Crippen molar-refractivity contribution in [1.29, 1.82) is 0 Å². The maximum atomic E-state index is 11.1. The highest BCUT2D eigenvalue weighted by atomic mass is 32.2. The van der Waals surface area contributed by atoms with Gasteiger partial charge >= 0.3 is 0 Å². The van der Waals surface area contributed by atoms with Crippen molar-refractivity contribution in [2.45, 2.75) is 27.7 Å². The van der Waals surface area contributed by atoms with Crippen LogP contribution in [0.4, 0.5) is 0 Å². The molecule has 0 saturated heterocycles. The zero-order valence-electron chi connectivity index (χ0n) is 10.1. The van der Waals surface area contributed by atoms with Crippen LogP contribution in [0.25, 0.3) is 0 Å². The molecular formula is C11H18N2O2S. The fourth-order valence-electron chi connectivity index (χ4n) is 0.791. The Kier molecular flexibility index (Phi) is 5.33. The van der Waals surface area contributed by atoms with Crippen molar-refractivity contribution in [2.75, 3.05) is 0 Å². The number of rotatable bonds is 4. The Balaban J connectivity index is 5.12. The fourth-order valence-corrected chi connectivity index (χ4v) is 1.35. The van der Waals surface area contributed by atoms with Crippen molar-refractivity contribution in [2.24, 2.45) is 10.1 Å². The van der Waals surface area contributed by atoms with Crippen LogP contribution < -0.4 is 5.14 Å². The molecule has 16 heavy (non-hydrogen) atoms. The molecule has 0 heterocycles. The van der Waals surface area contributed by atoms with Gasteiger partial charge in [0.25, 0.3) is 0 Å². The van der Waals surface area contributed by atoms with E-state index in [9.17, 15) is 8.42 Å². The van der Waals surface area contributed by atoms with Crippen LogP contribution in [0.2, 0.25) is 0 Å². The first-order valence-corrected chi connectivity index (χ1v) is 6.31. The molecule has 5 heteroatoms. The van der Waals surface area contributed by atoms with Crippen molar-refractivity contribution in [3.63, 3.8) is 0 Å². The summed E-state index contributed by atoms with van der Waals surface area (Å²) in [5.74, 6) is 0. The van der Waals surface area contributed by atoms with Crippen molar-refractivity contribution >= 4 is 16.2 Å². The molecule has 0 unspecified atom stereocenters. The smallest absolute Gasteiger partial charge is 0.234 e. The number of sulfonamides is 1. The first-order chi connectivity index (χ1) is 7.20. The van der Waals surface area contributed by atoms with Gasteiger partial charge in [0.2, 0.25) is 10.0 Å². The van der Waals surface area contributed by atoms with Gasteiger partial charge in [0.05, 0.1) is 4.91 Å². The number of hydrogen-bond acceptors (Lipinski definition) is 3. The molecule has 90 valence electrons. The molecule has 0 amide bonds. The van der Waals surface area contributed by atoms with Crippen LogP contribution in [-0.2, 0) is 10.0 Å². The van der Waals surface area contributed by atoms with Gasteiger partial charge in [-0.15, -0.1) is 0 Å². The summed E-state index contributed by atoms with van der Waals surface area (Å²) < 4.78 is 22.2. The first kappa shape index (κ1) is 14.8. The van der Waals surface area contributed by atoms with Crippen LogP contribution in [0.5, 0.6) is 0 Å². The second-order valence-electron chi connectivity index (χ2n) is 3.44. The van der Waals surface area contributed by atoms with Gasteiger partial charge in [-0.05, 0) is 38.8 Å². The van der Waals surface area contributed by atoms with E-state index >= 15 is 0 Å². The minimum atomic E-state index is -3.65. The molecule has 0 saturated carbocycles. The lowest BCUT2D eigenvalue weighted by Crippen LogP contribution is -2.14. The molecule has 0 aliphatic carbocycles. The third-order valence-corrected chi connectivity index (χ3v) is 3.44. The normalized spacial score (nSPS) is 15.2. The lowest BCUT2D eigenvalue weighted by molar-refractivity contribution is 0.603. The lowest BCUT2D eigenvalue weighted by atomic mass is 10.1. The maximum absolute atomic E-state index is 11.1. The summed E-state index contributed by atoms with van der Waals surface area (Å²) in [6.45, 7) is 10.6. The third-order valence-electron chi connectivity index (χ3n) is 2.28. The molecule has 0 bridgehead atoms. The Hall–Kier alpha value is -1.20. The van der Waals surface area contributed by atoms with Crippen LogP contribution in [-0.4, -0.2) is 14.6 Å². The van der Waals surface area contributed by atoms with Gasteiger partial charge < -0.3 is 0 Å². The maximum Gasteiger partial charge on any atom is 0.234 e. The summed E-state index contributed by atoms with van der Waals surface area (Å²) in [4.78, 5) is 4.21. The predicted molar refractivity (Wildman–Crippen MR) is 68.5 cm³/mol. The molecule has 0 spiro atoms. The molecule has 2 N–H and O–H groups in total. The number of primary sulfonamides is 1. The van der Waals surface area contributed by atoms with Crippen LogP contribution in [0.15, 0.2) is 39.4 Å². The number of hydrogen-bond donors (Lipinski definition) is 1. The Bertz CT molecular complexity index is 468. The van der Waals surface area contributed by atoms with Crippen LogP contribution in [0.1, 0.15) is 27.7 Å². The van der Waals surface area contributed by atoms with E-state index in [4.69, 9.17) is 5.14 Å². The Labute approximate surface area is 97.3 Å². The third kappa shape index (κ3) is 4.55. The fraction of sp³-hybridized carbons (Fsp3) is 0.364. The second-order valence-corrected chi connectivity index (χ2v) is 5.14. The van der Waals surface area contributed by atoms with Gasteiger partial charge in [-0.3, -0.25) is 4.99 Å². The highest BCUT2D eigenvalue weighted by Crippen LogP contribution is 2.14. The van der Waals surface area contributed by atoms with Crippen molar-refractivity contribution in [3.05, 3.63) is 34.4 Å². The zero-order chi connectivity index (χ0) is 12.9. The van der Waals surface area contributed by atoms with Gasteiger partial charge in [-0.1, -0.05) is 12.7 Å². The molecule has 0 rings (SSSR count). The van der Waals surface area contributed by atoms with Crippen LogP contribution >= 0.6 is 0 Å². The van der Waals surface area contributed by atoms with Gasteiger partial charge in [0.1, 0.15) is 0 Å². The lowest BCUT2D eigenvalue weighted by Gasteiger charge is -2.05. The van der Waals surface area contributed by atoms with E-state index in [1.807, 2.05) is 19.9 Å². The molecule has 0 radical (unpaired) electrons. The van der Waals surface area contributed by atoms with E-state index in [2.05, 4.69) is 11.6 Å². The highest BCUT2D eigenvalue weighted by molar-refractivity contribution is 7.93. The summed E-state index contributed by atoms with van der Waals surface area (Å²) >= 11 is 0. The van der Waals surface area contributed by atoms with Gasteiger partial charge in [0.15, 0.2) is 0 Å². The Morgan fingerprint density at radius 3 is 2.19 bits per heavy atom.